The third kappa shape index (κ3) is 5.58. The molecule has 0 spiro atoms. The molecule has 33 heavy (non-hydrogen) atoms. The number of amides is 2. The Morgan fingerprint density at radius 2 is 1.85 bits per heavy atom. The molecule has 172 valence electrons. The van der Waals surface area contributed by atoms with E-state index in [9.17, 15) is 9.59 Å². The highest BCUT2D eigenvalue weighted by atomic mass is 16.6. The van der Waals surface area contributed by atoms with E-state index in [0.29, 0.717) is 26.1 Å². The van der Waals surface area contributed by atoms with Crippen LogP contribution in [0.15, 0.2) is 61.1 Å². The molecule has 0 radical (unpaired) electrons. The fourth-order valence-electron chi connectivity index (χ4n) is 3.80. The molecule has 1 aliphatic rings. The van der Waals surface area contributed by atoms with Crippen LogP contribution in [0.4, 0.5) is 4.79 Å². The van der Waals surface area contributed by atoms with Crippen LogP contribution in [0.2, 0.25) is 0 Å². The van der Waals surface area contributed by atoms with Crippen molar-refractivity contribution >= 4 is 12.0 Å². The summed E-state index contributed by atoms with van der Waals surface area (Å²) in [6.45, 7) is 6.72. The summed E-state index contributed by atoms with van der Waals surface area (Å²) in [5, 5.41) is 7.80. The molecule has 1 atom stereocenters. The first-order valence-corrected chi connectivity index (χ1v) is 11.1. The first-order valence-electron chi connectivity index (χ1n) is 11.1. The van der Waals surface area contributed by atoms with Gasteiger partial charge in [0.2, 0.25) is 5.91 Å². The van der Waals surface area contributed by atoms with Gasteiger partial charge in [0.1, 0.15) is 5.60 Å². The van der Waals surface area contributed by atoms with Crippen molar-refractivity contribution in [2.24, 2.45) is 5.92 Å². The van der Waals surface area contributed by atoms with Crippen molar-refractivity contribution in [1.82, 2.24) is 25.0 Å². The molecule has 3 heterocycles. The van der Waals surface area contributed by atoms with E-state index in [2.05, 4.69) is 10.3 Å². The second-order valence-electron chi connectivity index (χ2n) is 9.15. The van der Waals surface area contributed by atoms with Crippen molar-refractivity contribution in [2.45, 2.75) is 39.3 Å². The number of nitrogens with one attached hydrogen (secondary N) is 1. The largest absolute Gasteiger partial charge is 0.444 e. The zero-order valence-corrected chi connectivity index (χ0v) is 19.2. The molecule has 2 aromatic heterocycles. The minimum Gasteiger partial charge on any atom is -0.444 e. The molecule has 0 bridgehead atoms. The first-order chi connectivity index (χ1) is 15.8. The number of likely N-dealkylation sites (tertiary alicyclic amines) is 1. The molecule has 2 amide bonds. The zero-order valence-electron chi connectivity index (χ0n) is 19.2. The van der Waals surface area contributed by atoms with E-state index in [4.69, 9.17) is 9.84 Å². The van der Waals surface area contributed by atoms with Gasteiger partial charge in [0.05, 0.1) is 17.3 Å². The van der Waals surface area contributed by atoms with Crippen LogP contribution in [0.25, 0.3) is 16.9 Å². The number of para-hydroxylation sites is 1. The Morgan fingerprint density at radius 1 is 1.12 bits per heavy atom. The minimum atomic E-state index is -0.556. The summed E-state index contributed by atoms with van der Waals surface area (Å²) in [7, 11) is 0. The molecule has 1 aromatic carbocycles. The Labute approximate surface area is 193 Å². The first kappa shape index (κ1) is 22.5. The van der Waals surface area contributed by atoms with Gasteiger partial charge < -0.3 is 15.0 Å². The number of hydrogen-bond acceptors (Lipinski definition) is 5. The standard InChI is InChI=1S/C25H29N5O3/c1-25(2,3)33-24(32)29-14-11-19(16-29)23(31)27-15-20-17-30(21-7-5-4-6-8-21)28-22(20)18-9-12-26-13-10-18/h4-10,12-13,17,19H,11,14-16H2,1-3H3,(H,27,31). The maximum atomic E-state index is 12.9. The molecule has 1 saturated heterocycles. The maximum absolute atomic E-state index is 12.9. The summed E-state index contributed by atoms with van der Waals surface area (Å²) < 4.78 is 7.24. The van der Waals surface area contributed by atoms with Crippen LogP contribution >= 0.6 is 0 Å². The lowest BCUT2D eigenvalue weighted by molar-refractivity contribution is -0.124. The number of nitrogens with zero attached hydrogens (tertiary/aromatic N) is 4. The quantitative estimate of drug-likeness (QED) is 0.643. The van der Waals surface area contributed by atoms with Crippen molar-refractivity contribution < 1.29 is 14.3 Å². The van der Waals surface area contributed by atoms with E-state index < -0.39 is 5.60 Å². The van der Waals surface area contributed by atoms with Gasteiger partial charge in [-0.25, -0.2) is 9.48 Å². The lowest BCUT2D eigenvalue weighted by atomic mass is 10.1. The number of benzene rings is 1. The average Bonchev–Trinajstić information content (AvgIpc) is 3.46. The predicted octanol–water partition coefficient (Wildman–Crippen LogP) is 3.81. The molecular weight excluding hydrogens is 418 g/mol. The molecule has 8 nitrogen and oxygen atoms in total. The van der Waals surface area contributed by atoms with Crippen LogP contribution in [0.1, 0.15) is 32.8 Å². The summed E-state index contributed by atoms with van der Waals surface area (Å²) in [6, 6.07) is 13.6. The van der Waals surface area contributed by atoms with Gasteiger partial charge in [0, 0.05) is 49.4 Å². The van der Waals surface area contributed by atoms with Gasteiger partial charge in [-0.1, -0.05) is 18.2 Å². The second kappa shape index (κ2) is 9.44. The summed E-state index contributed by atoms with van der Waals surface area (Å²) in [6.07, 6.45) is 5.63. The summed E-state index contributed by atoms with van der Waals surface area (Å²) >= 11 is 0. The van der Waals surface area contributed by atoms with Crippen molar-refractivity contribution in [1.29, 1.82) is 0 Å². The molecule has 1 N–H and O–H groups in total. The monoisotopic (exact) mass is 447 g/mol. The van der Waals surface area contributed by atoms with Gasteiger partial charge in [-0.2, -0.15) is 5.10 Å². The predicted molar refractivity (Wildman–Crippen MR) is 125 cm³/mol. The van der Waals surface area contributed by atoms with Crippen LogP contribution in [-0.4, -0.2) is 50.4 Å². The van der Waals surface area contributed by atoms with Crippen molar-refractivity contribution in [3.8, 4) is 16.9 Å². The highest BCUT2D eigenvalue weighted by Crippen LogP contribution is 2.24. The lowest BCUT2D eigenvalue weighted by Crippen LogP contribution is -2.37. The molecule has 8 heteroatoms. The van der Waals surface area contributed by atoms with Gasteiger partial charge in [0.25, 0.3) is 0 Å². The smallest absolute Gasteiger partial charge is 0.410 e. The highest BCUT2D eigenvalue weighted by Gasteiger charge is 2.33. The number of pyridine rings is 1. The Balaban J connectivity index is 1.45. The molecule has 4 rings (SSSR count). The molecular formula is C25H29N5O3. The van der Waals surface area contributed by atoms with Crippen molar-refractivity contribution in [2.75, 3.05) is 13.1 Å². The van der Waals surface area contributed by atoms with Gasteiger partial charge in [-0.05, 0) is 51.5 Å². The van der Waals surface area contributed by atoms with Crippen LogP contribution in [0.3, 0.4) is 0 Å². The summed E-state index contributed by atoms with van der Waals surface area (Å²) in [4.78, 5) is 30.9. The topological polar surface area (TPSA) is 89.4 Å². The van der Waals surface area contributed by atoms with E-state index >= 15 is 0 Å². The highest BCUT2D eigenvalue weighted by molar-refractivity contribution is 5.81. The van der Waals surface area contributed by atoms with Gasteiger partial charge in [-0.3, -0.25) is 9.78 Å². The molecule has 0 aliphatic carbocycles. The Kier molecular flexibility index (Phi) is 6.44. The summed E-state index contributed by atoms with van der Waals surface area (Å²) in [5.41, 5.74) is 3.01. The fraction of sp³-hybridized carbons (Fsp3) is 0.360. The number of rotatable bonds is 5. The molecule has 1 unspecified atom stereocenters. The maximum Gasteiger partial charge on any atom is 0.410 e. The Morgan fingerprint density at radius 3 is 2.55 bits per heavy atom. The number of carbonyl (C=O) groups excluding carboxylic acids is 2. The van der Waals surface area contributed by atoms with Gasteiger partial charge >= 0.3 is 6.09 Å². The van der Waals surface area contributed by atoms with Crippen LogP contribution in [0, 0.1) is 5.92 Å². The molecule has 1 fully saturated rings. The van der Waals surface area contributed by atoms with Crippen LogP contribution in [-0.2, 0) is 16.1 Å². The minimum absolute atomic E-state index is 0.0748. The number of carbonyl (C=O) groups is 2. The van der Waals surface area contributed by atoms with E-state index in [0.717, 1.165) is 22.5 Å². The number of hydrogen-bond donors (Lipinski definition) is 1. The van der Waals surface area contributed by atoms with Crippen molar-refractivity contribution in [3.05, 3.63) is 66.6 Å². The lowest BCUT2D eigenvalue weighted by Gasteiger charge is -2.24. The fourth-order valence-corrected chi connectivity index (χ4v) is 3.80. The SMILES string of the molecule is CC(C)(C)OC(=O)N1CCC(C(=O)NCc2cn(-c3ccccc3)nc2-c2ccncc2)C1. The van der Waals surface area contributed by atoms with Crippen LogP contribution in [0.5, 0.6) is 0 Å². The molecule has 3 aromatic rings. The zero-order chi connectivity index (χ0) is 23.4. The third-order valence-corrected chi connectivity index (χ3v) is 5.43. The Bertz CT molecular complexity index is 1110. The number of aromatic nitrogens is 3. The van der Waals surface area contributed by atoms with E-state index in [-0.39, 0.29) is 17.9 Å². The third-order valence-electron chi connectivity index (χ3n) is 5.43. The van der Waals surface area contributed by atoms with Gasteiger partial charge in [0.15, 0.2) is 0 Å². The Hall–Kier alpha value is -3.68. The van der Waals surface area contributed by atoms with Crippen LogP contribution < -0.4 is 5.32 Å². The number of ether oxygens (including phenoxy) is 1. The van der Waals surface area contributed by atoms with Crippen molar-refractivity contribution in [3.63, 3.8) is 0 Å². The average molecular weight is 448 g/mol. The van der Waals surface area contributed by atoms with Gasteiger partial charge in [-0.15, -0.1) is 0 Å². The molecule has 0 saturated carbocycles. The summed E-state index contributed by atoms with van der Waals surface area (Å²) in [5.74, 6) is -0.333. The van der Waals surface area contributed by atoms with E-state index in [1.807, 2.05) is 74.1 Å². The normalized spacial score (nSPS) is 16.0. The second-order valence-corrected chi connectivity index (χ2v) is 9.15. The molecule has 1 aliphatic heterocycles. The van der Waals surface area contributed by atoms with E-state index in [1.165, 1.54) is 0 Å². The van der Waals surface area contributed by atoms with E-state index in [1.54, 1.807) is 17.3 Å².